The zero-order valence-electron chi connectivity index (χ0n) is 21.7. The summed E-state index contributed by atoms with van der Waals surface area (Å²) >= 11 is 5.92. The van der Waals surface area contributed by atoms with Crippen molar-refractivity contribution < 1.29 is 23.1 Å². The lowest BCUT2D eigenvalue weighted by Gasteiger charge is -2.17. The maximum absolute atomic E-state index is 13.1. The van der Waals surface area contributed by atoms with Crippen molar-refractivity contribution in [2.45, 2.75) is 52.6 Å². The van der Waals surface area contributed by atoms with E-state index >= 15 is 0 Å². The van der Waals surface area contributed by atoms with Crippen molar-refractivity contribution in [3.05, 3.63) is 70.3 Å². The zero-order chi connectivity index (χ0) is 29.2. The first-order chi connectivity index (χ1) is 18.7. The van der Waals surface area contributed by atoms with Crippen LogP contribution in [0.3, 0.4) is 0 Å². The Hall–Kier alpha value is -4.04. The average Bonchev–Trinajstić information content (AvgIpc) is 3.43. The minimum Gasteiger partial charge on any atom is -0.382 e. The number of amides is 1. The number of aliphatic hydroxyl groups is 1. The molecule has 15 heteroatoms. The molecule has 3 heterocycles. The summed E-state index contributed by atoms with van der Waals surface area (Å²) in [5.41, 5.74) is -0.409. The van der Waals surface area contributed by atoms with Gasteiger partial charge in [0, 0.05) is 23.2 Å². The van der Waals surface area contributed by atoms with Crippen LogP contribution in [0.25, 0.3) is 17.1 Å². The summed E-state index contributed by atoms with van der Waals surface area (Å²) in [7, 11) is 0. The maximum atomic E-state index is 13.1. The quantitative estimate of drug-likeness (QED) is 0.326. The summed E-state index contributed by atoms with van der Waals surface area (Å²) in [4.78, 5) is 34.0. The number of nitrogens with zero attached hydrogens (tertiary/aromatic N) is 7. The zero-order valence-corrected chi connectivity index (χ0v) is 22.5. The number of anilines is 1. The first-order valence-corrected chi connectivity index (χ1v) is 12.4. The summed E-state index contributed by atoms with van der Waals surface area (Å²) in [6.45, 7) is 4.45. The van der Waals surface area contributed by atoms with Crippen LogP contribution in [0, 0.1) is 5.41 Å². The lowest BCUT2D eigenvalue weighted by Crippen LogP contribution is -2.37. The molecule has 212 valence electrons. The molecule has 0 aliphatic carbocycles. The smallest absolute Gasteiger partial charge is 0.382 e. The Balaban J connectivity index is 1.64. The summed E-state index contributed by atoms with van der Waals surface area (Å²) in [6.07, 6.45) is -4.61. The molecule has 0 spiro atoms. The topological polar surface area (TPSA) is 133 Å². The molecule has 1 aromatic carbocycles. The molecule has 4 aromatic rings. The minimum absolute atomic E-state index is 0.0968. The molecule has 1 amide bonds. The van der Waals surface area contributed by atoms with Crippen LogP contribution in [0.1, 0.15) is 33.0 Å². The molecule has 4 rings (SSSR count). The van der Waals surface area contributed by atoms with Crippen LogP contribution in [0.4, 0.5) is 19.0 Å². The summed E-state index contributed by atoms with van der Waals surface area (Å²) in [5.74, 6) is 0.0311. The van der Waals surface area contributed by atoms with E-state index in [9.17, 15) is 27.9 Å². The lowest BCUT2D eigenvalue weighted by molar-refractivity contribution is -0.207. The Morgan fingerprint density at radius 1 is 1.10 bits per heavy atom. The van der Waals surface area contributed by atoms with Gasteiger partial charge in [-0.05, 0) is 41.8 Å². The van der Waals surface area contributed by atoms with Gasteiger partial charge >= 0.3 is 11.9 Å². The maximum Gasteiger partial charge on any atom is 0.416 e. The molecular formula is C25H26ClF3N8O3. The summed E-state index contributed by atoms with van der Waals surface area (Å²) < 4.78 is 42.3. The number of hydrogen-bond acceptors (Lipinski definition) is 7. The van der Waals surface area contributed by atoms with Crippen LogP contribution in [-0.4, -0.2) is 57.4 Å². The molecular weight excluding hydrogens is 553 g/mol. The number of carbonyl (C=O) groups is 1. The van der Waals surface area contributed by atoms with Gasteiger partial charge in [-0.3, -0.25) is 9.36 Å². The summed E-state index contributed by atoms with van der Waals surface area (Å²) in [6, 6.07) is 9.30. The number of rotatable bonds is 8. The van der Waals surface area contributed by atoms with E-state index in [0.717, 1.165) is 9.25 Å². The fourth-order valence-electron chi connectivity index (χ4n) is 3.75. The first kappa shape index (κ1) is 29.0. The number of hydrogen-bond donors (Lipinski definition) is 2. The molecule has 0 saturated carbocycles. The van der Waals surface area contributed by atoms with Gasteiger partial charge in [-0.1, -0.05) is 32.4 Å². The Labute approximate surface area is 231 Å². The number of benzene rings is 1. The standard InChI is InChI=1S/C25H26ClF3N8O3/c1-24(2,3)11-20(39)32-21-17(5-4-10-30-21)37-14-31-19(33-37)13-36-23(40)35(12-18(38)25(27,28)29)22(34-36)15-6-8-16(26)9-7-15/h4-10,14,18,38H,11-13H2,1-3H3,(H,30,32,39)/t18-/m0/s1. The van der Waals surface area contributed by atoms with Gasteiger partial charge in [0.2, 0.25) is 5.91 Å². The van der Waals surface area contributed by atoms with E-state index in [1.165, 1.54) is 41.5 Å². The predicted octanol–water partition coefficient (Wildman–Crippen LogP) is 3.69. The highest BCUT2D eigenvalue weighted by Crippen LogP contribution is 2.25. The van der Waals surface area contributed by atoms with Crippen molar-refractivity contribution in [1.82, 2.24) is 34.1 Å². The Morgan fingerprint density at radius 3 is 2.45 bits per heavy atom. The Kier molecular flexibility index (Phi) is 8.12. The van der Waals surface area contributed by atoms with Crippen molar-refractivity contribution >= 4 is 23.3 Å². The number of aromatic nitrogens is 7. The van der Waals surface area contributed by atoms with Gasteiger partial charge in [0.15, 0.2) is 23.6 Å². The molecule has 11 nitrogen and oxygen atoms in total. The number of alkyl halides is 3. The predicted molar refractivity (Wildman–Crippen MR) is 140 cm³/mol. The van der Waals surface area contributed by atoms with Gasteiger partial charge in [0.05, 0.1) is 6.54 Å². The molecule has 3 aromatic heterocycles. The SMILES string of the molecule is CC(C)(C)CC(=O)Nc1ncccc1-n1cnc(Cn2nc(-c3ccc(Cl)cc3)n(C[C@H](O)C(F)(F)F)c2=O)n1. The third-order valence-electron chi connectivity index (χ3n) is 5.57. The number of nitrogens with one attached hydrogen (secondary N) is 1. The van der Waals surface area contributed by atoms with Crippen LogP contribution >= 0.6 is 11.6 Å². The van der Waals surface area contributed by atoms with E-state index in [4.69, 9.17) is 11.6 Å². The second-order valence-corrected chi connectivity index (χ2v) is 10.6. The monoisotopic (exact) mass is 578 g/mol. The average molecular weight is 579 g/mol. The molecule has 0 saturated heterocycles. The van der Waals surface area contributed by atoms with E-state index in [1.807, 2.05) is 20.8 Å². The molecule has 0 radical (unpaired) electrons. The molecule has 2 N–H and O–H groups in total. The van der Waals surface area contributed by atoms with Gasteiger partial charge in [-0.15, -0.1) is 10.2 Å². The number of aliphatic hydroxyl groups excluding tert-OH is 1. The molecule has 0 unspecified atom stereocenters. The highest BCUT2D eigenvalue weighted by Gasteiger charge is 2.39. The molecule has 0 aliphatic rings. The lowest BCUT2D eigenvalue weighted by atomic mass is 9.92. The molecule has 0 bridgehead atoms. The Morgan fingerprint density at radius 2 is 1.80 bits per heavy atom. The van der Waals surface area contributed by atoms with Gasteiger partial charge in [-0.25, -0.2) is 24.1 Å². The van der Waals surface area contributed by atoms with Gasteiger partial charge in [0.1, 0.15) is 18.6 Å². The van der Waals surface area contributed by atoms with Crippen molar-refractivity contribution in [3.63, 3.8) is 0 Å². The van der Waals surface area contributed by atoms with E-state index in [0.29, 0.717) is 16.3 Å². The normalized spacial score (nSPS) is 12.9. The number of pyridine rings is 1. The second-order valence-electron chi connectivity index (χ2n) is 10.2. The van der Waals surface area contributed by atoms with Crippen LogP contribution in [0.5, 0.6) is 0 Å². The Bertz CT molecular complexity index is 1550. The number of carbonyl (C=O) groups excluding carboxylic acids is 1. The first-order valence-electron chi connectivity index (χ1n) is 12.1. The highest BCUT2D eigenvalue weighted by molar-refractivity contribution is 6.30. The van der Waals surface area contributed by atoms with E-state index in [-0.39, 0.29) is 41.8 Å². The van der Waals surface area contributed by atoms with E-state index < -0.39 is 24.5 Å². The van der Waals surface area contributed by atoms with Crippen LogP contribution in [0.15, 0.2) is 53.7 Å². The molecule has 40 heavy (non-hydrogen) atoms. The highest BCUT2D eigenvalue weighted by atomic mass is 35.5. The van der Waals surface area contributed by atoms with E-state index in [2.05, 4.69) is 25.5 Å². The van der Waals surface area contributed by atoms with Crippen molar-refractivity contribution in [1.29, 1.82) is 0 Å². The molecule has 1 atom stereocenters. The molecule has 0 fully saturated rings. The second kappa shape index (κ2) is 11.2. The van der Waals surface area contributed by atoms with Crippen LogP contribution in [-0.2, 0) is 17.9 Å². The third kappa shape index (κ3) is 6.93. The molecule has 0 aliphatic heterocycles. The number of halogens is 4. The van der Waals surface area contributed by atoms with Crippen molar-refractivity contribution in [3.8, 4) is 17.1 Å². The summed E-state index contributed by atoms with van der Waals surface area (Å²) in [5, 5.41) is 21.3. The van der Waals surface area contributed by atoms with Crippen molar-refractivity contribution in [2.24, 2.45) is 5.41 Å². The fourth-order valence-corrected chi connectivity index (χ4v) is 3.88. The van der Waals surface area contributed by atoms with Gasteiger partial charge < -0.3 is 10.4 Å². The van der Waals surface area contributed by atoms with E-state index in [1.54, 1.807) is 12.1 Å². The van der Waals surface area contributed by atoms with Gasteiger partial charge in [-0.2, -0.15) is 13.2 Å². The minimum atomic E-state index is -4.94. The largest absolute Gasteiger partial charge is 0.416 e. The third-order valence-corrected chi connectivity index (χ3v) is 5.82. The van der Waals surface area contributed by atoms with Crippen molar-refractivity contribution in [2.75, 3.05) is 5.32 Å². The van der Waals surface area contributed by atoms with Crippen LogP contribution < -0.4 is 11.0 Å². The van der Waals surface area contributed by atoms with Crippen LogP contribution in [0.2, 0.25) is 5.02 Å². The fraction of sp³-hybridized carbons (Fsp3) is 0.360. The van der Waals surface area contributed by atoms with Gasteiger partial charge in [0.25, 0.3) is 0 Å².